The maximum Gasteiger partial charge on any atom is 0.131 e. The Morgan fingerprint density at radius 1 is 1.28 bits per heavy atom. The number of nitrogen functional groups attached to an aromatic ring is 1. The van der Waals surface area contributed by atoms with Crippen LogP contribution >= 0.6 is 11.3 Å². The van der Waals surface area contributed by atoms with Crippen molar-refractivity contribution >= 4 is 27.2 Å². The Morgan fingerprint density at radius 2 is 2.17 bits per heavy atom. The van der Waals surface area contributed by atoms with Crippen molar-refractivity contribution in [3.8, 4) is 16.3 Å². The van der Waals surface area contributed by atoms with Crippen molar-refractivity contribution < 1.29 is 4.74 Å². The average Bonchev–Trinajstić information content (AvgIpc) is 2.82. The Morgan fingerprint density at radius 3 is 2.94 bits per heavy atom. The maximum atomic E-state index is 5.75. The molecule has 2 aromatic heterocycles. The number of rotatable bonds is 2. The minimum atomic E-state index is 0.679. The number of methoxy groups -OCH3 is 1. The summed E-state index contributed by atoms with van der Waals surface area (Å²) in [7, 11) is 1.63. The molecule has 0 fully saturated rings. The van der Waals surface area contributed by atoms with Crippen molar-refractivity contribution in [2.45, 2.75) is 0 Å². The van der Waals surface area contributed by atoms with Crippen molar-refractivity contribution in [2.75, 3.05) is 12.8 Å². The highest BCUT2D eigenvalue weighted by molar-refractivity contribution is 7.21. The van der Waals surface area contributed by atoms with Crippen molar-refractivity contribution in [2.24, 2.45) is 0 Å². The molecule has 0 aliphatic heterocycles. The first-order valence-electron chi connectivity index (χ1n) is 5.42. The zero-order chi connectivity index (χ0) is 12.5. The molecule has 3 aromatic rings. The fraction of sp³-hybridized carbons (Fsp3) is 0.0769. The molecule has 0 radical (unpaired) electrons. The summed E-state index contributed by atoms with van der Waals surface area (Å²) in [6, 6.07) is 7.54. The second-order valence-electron chi connectivity index (χ2n) is 3.82. The maximum absolute atomic E-state index is 5.75. The Labute approximate surface area is 108 Å². The molecule has 90 valence electrons. The molecule has 2 N–H and O–H groups in total. The topological polar surface area (TPSA) is 61.0 Å². The number of hydrogen-bond donors (Lipinski definition) is 1. The molecular weight excluding hydrogens is 246 g/mol. The SMILES string of the molecule is COc1cc(N)ccc1-c1nc2cnccc2s1. The van der Waals surface area contributed by atoms with E-state index in [4.69, 9.17) is 10.5 Å². The van der Waals surface area contributed by atoms with Gasteiger partial charge in [0.25, 0.3) is 0 Å². The second-order valence-corrected chi connectivity index (χ2v) is 4.85. The van der Waals surface area contributed by atoms with E-state index < -0.39 is 0 Å². The highest BCUT2D eigenvalue weighted by Crippen LogP contribution is 2.36. The number of thiazole rings is 1. The molecule has 2 heterocycles. The third kappa shape index (κ3) is 1.78. The monoisotopic (exact) mass is 257 g/mol. The first-order chi connectivity index (χ1) is 8.78. The molecule has 0 aliphatic carbocycles. The average molecular weight is 257 g/mol. The van der Waals surface area contributed by atoms with Crippen molar-refractivity contribution in [3.63, 3.8) is 0 Å². The van der Waals surface area contributed by atoms with E-state index >= 15 is 0 Å². The summed E-state index contributed by atoms with van der Waals surface area (Å²) in [5.41, 5.74) is 8.28. The van der Waals surface area contributed by atoms with Gasteiger partial charge in [0.05, 0.1) is 23.6 Å². The highest BCUT2D eigenvalue weighted by Gasteiger charge is 2.11. The quantitative estimate of drug-likeness (QED) is 0.717. The van der Waals surface area contributed by atoms with Gasteiger partial charge >= 0.3 is 0 Å². The number of benzene rings is 1. The lowest BCUT2D eigenvalue weighted by Crippen LogP contribution is -1.90. The van der Waals surface area contributed by atoms with Crippen molar-refractivity contribution in [1.82, 2.24) is 9.97 Å². The molecule has 0 bridgehead atoms. The highest BCUT2D eigenvalue weighted by atomic mass is 32.1. The van der Waals surface area contributed by atoms with Crippen LogP contribution in [0, 0.1) is 0 Å². The minimum Gasteiger partial charge on any atom is -0.496 e. The first-order valence-corrected chi connectivity index (χ1v) is 6.24. The lowest BCUT2D eigenvalue weighted by atomic mass is 10.2. The van der Waals surface area contributed by atoms with E-state index in [2.05, 4.69) is 9.97 Å². The van der Waals surface area contributed by atoms with Crippen LogP contribution in [0.5, 0.6) is 5.75 Å². The summed E-state index contributed by atoms with van der Waals surface area (Å²) < 4.78 is 6.46. The fourth-order valence-corrected chi connectivity index (χ4v) is 2.74. The Balaban J connectivity index is 2.19. The van der Waals surface area contributed by atoms with E-state index in [1.165, 1.54) is 0 Å². The summed E-state index contributed by atoms with van der Waals surface area (Å²) >= 11 is 1.61. The number of anilines is 1. The summed E-state index contributed by atoms with van der Waals surface area (Å²) in [6.45, 7) is 0. The predicted octanol–water partition coefficient (Wildman–Crippen LogP) is 2.95. The summed E-state index contributed by atoms with van der Waals surface area (Å²) in [5.74, 6) is 0.738. The molecule has 0 atom stereocenters. The number of ether oxygens (including phenoxy) is 1. The predicted molar refractivity (Wildman–Crippen MR) is 73.8 cm³/mol. The third-order valence-corrected chi connectivity index (χ3v) is 3.72. The molecule has 0 aliphatic rings. The lowest BCUT2D eigenvalue weighted by Gasteiger charge is -2.06. The zero-order valence-corrected chi connectivity index (χ0v) is 10.6. The summed E-state index contributed by atoms with van der Waals surface area (Å²) in [5, 5.41) is 0.912. The number of nitrogens with two attached hydrogens (primary N) is 1. The van der Waals surface area contributed by atoms with Crippen LogP contribution in [0.4, 0.5) is 5.69 Å². The van der Waals surface area contributed by atoms with E-state index in [0.29, 0.717) is 5.69 Å². The zero-order valence-electron chi connectivity index (χ0n) is 9.75. The van der Waals surface area contributed by atoms with Gasteiger partial charge in [-0.25, -0.2) is 4.98 Å². The molecule has 18 heavy (non-hydrogen) atoms. The van der Waals surface area contributed by atoms with E-state index in [0.717, 1.165) is 26.5 Å². The van der Waals surface area contributed by atoms with Gasteiger partial charge in [0.15, 0.2) is 0 Å². The first kappa shape index (κ1) is 11.0. The van der Waals surface area contributed by atoms with Gasteiger partial charge in [0, 0.05) is 18.0 Å². The van der Waals surface area contributed by atoms with Crippen LogP contribution in [0.3, 0.4) is 0 Å². The molecular formula is C13H11N3OS. The summed E-state index contributed by atoms with van der Waals surface area (Å²) in [4.78, 5) is 8.63. The molecule has 1 aromatic carbocycles. The van der Waals surface area contributed by atoms with Gasteiger partial charge in [-0.2, -0.15) is 0 Å². The molecule has 0 saturated carbocycles. The number of hydrogen-bond acceptors (Lipinski definition) is 5. The van der Waals surface area contributed by atoms with E-state index in [1.807, 2.05) is 18.2 Å². The van der Waals surface area contributed by atoms with E-state index in [1.54, 1.807) is 36.9 Å². The molecule has 3 rings (SSSR count). The standard InChI is InChI=1S/C13H11N3OS/c1-17-11-6-8(14)2-3-9(11)13-16-10-7-15-5-4-12(10)18-13/h2-7H,14H2,1H3. The van der Waals surface area contributed by atoms with Gasteiger partial charge in [0.2, 0.25) is 0 Å². The van der Waals surface area contributed by atoms with Gasteiger partial charge in [-0.3, -0.25) is 4.98 Å². The normalized spacial score (nSPS) is 10.7. The Hall–Kier alpha value is -2.14. The molecule has 5 heteroatoms. The van der Waals surface area contributed by atoms with Gasteiger partial charge in [0.1, 0.15) is 16.3 Å². The fourth-order valence-electron chi connectivity index (χ4n) is 1.78. The van der Waals surface area contributed by atoms with Crippen LogP contribution in [-0.2, 0) is 0 Å². The lowest BCUT2D eigenvalue weighted by molar-refractivity contribution is 0.416. The number of pyridine rings is 1. The number of aromatic nitrogens is 2. The van der Waals surface area contributed by atoms with Gasteiger partial charge < -0.3 is 10.5 Å². The minimum absolute atomic E-state index is 0.679. The van der Waals surface area contributed by atoms with E-state index in [-0.39, 0.29) is 0 Å². The molecule has 0 spiro atoms. The smallest absolute Gasteiger partial charge is 0.131 e. The Kier molecular flexibility index (Phi) is 2.60. The van der Waals surface area contributed by atoms with Crippen LogP contribution in [-0.4, -0.2) is 17.1 Å². The second kappa shape index (κ2) is 4.27. The number of nitrogens with zero attached hydrogens (tertiary/aromatic N) is 2. The van der Waals surface area contributed by atoms with Crippen LogP contribution in [0.25, 0.3) is 20.8 Å². The molecule has 0 unspecified atom stereocenters. The molecule has 4 nitrogen and oxygen atoms in total. The van der Waals surface area contributed by atoms with Crippen LogP contribution in [0.2, 0.25) is 0 Å². The van der Waals surface area contributed by atoms with Crippen molar-refractivity contribution in [3.05, 3.63) is 36.7 Å². The van der Waals surface area contributed by atoms with Gasteiger partial charge in [-0.1, -0.05) is 0 Å². The largest absolute Gasteiger partial charge is 0.496 e. The molecule has 0 amide bonds. The third-order valence-electron chi connectivity index (χ3n) is 2.65. The Bertz CT molecular complexity index is 675. The van der Waals surface area contributed by atoms with Crippen LogP contribution in [0.15, 0.2) is 36.7 Å². The van der Waals surface area contributed by atoms with Crippen LogP contribution < -0.4 is 10.5 Å². The van der Waals surface area contributed by atoms with Gasteiger partial charge in [-0.15, -0.1) is 11.3 Å². The van der Waals surface area contributed by atoms with Gasteiger partial charge in [-0.05, 0) is 18.2 Å². The molecule has 0 saturated heterocycles. The van der Waals surface area contributed by atoms with Crippen LogP contribution in [0.1, 0.15) is 0 Å². The van der Waals surface area contributed by atoms with E-state index in [9.17, 15) is 0 Å². The number of fused-ring (bicyclic) bond motifs is 1. The van der Waals surface area contributed by atoms with Crippen molar-refractivity contribution in [1.29, 1.82) is 0 Å². The summed E-state index contributed by atoms with van der Waals surface area (Å²) in [6.07, 6.45) is 3.53.